The molecule has 1 N–H and O–H groups in total. The van der Waals surface area contributed by atoms with Crippen molar-refractivity contribution in [3.63, 3.8) is 0 Å². The van der Waals surface area contributed by atoms with Crippen LogP contribution in [-0.2, 0) is 0 Å². The first kappa shape index (κ1) is 15.3. The highest BCUT2D eigenvalue weighted by atomic mass is 15.3. The summed E-state index contributed by atoms with van der Waals surface area (Å²) in [5.74, 6) is 2.67. The van der Waals surface area contributed by atoms with E-state index in [1.165, 1.54) is 0 Å². The molecule has 120 valence electrons. The zero-order valence-corrected chi connectivity index (χ0v) is 13.4. The van der Waals surface area contributed by atoms with Crippen molar-refractivity contribution in [2.45, 2.75) is 6.92 Å². The Bertz CT molecular complexity index is 649. The van der Waals surface area contributed by atoms with Crippen LogP contribution in [0.15, 0.2) is 43.1 Å². The average Bonchev–Trinajstić information content (AvgIpc) is 2.60. The Labute approximate surface area is 136 Å². The molecule has 0 amide bonds. The molecule has 0 saturated carbocycles. The molecule has 0 spiro atoms. The van der Waals surface area contributed by atoms with Crippen LogP contribution in [0.25, 0.3) is 0 Å². The molecule has 2 aromatic heterocycles. The number of hydrogen-bond donors (Lipinski definition) is 1. The van der Waals surface area contributed by atoms with Crippen LogP contribution in [0.5, 0.6) is 0 Å². The third-order valence-corrected chi connectivity index (χ3v) is 3.81. The second kappa shape index (κ2) is 7.09. The summed E-state index contributed by atoms with van der Waals surface area (Å²) in [6.07, 6.45) is 3.66. The predicted molar refractivity (Wildman–Crippen MR) is 94.1 cm³/mol. The van der Waals surface area contributed by atoms with E-state index in [9.17, 15) is 0 Å². The smallest absolute Gasteiger partial charge is 0.227 e. The third kappa shape index (κ3) is 3.77. The van der Waals surface area contributed by atoms with Crippen molar-refractivity contribution in [1.29, 1.82) is 0 Å². The third-order valence-electron chi connectivity index (χ3n) is 3.81. The second-order valence-electron chi connectivity index (χ2n) is 5.53. The first-order chi connectivity index (χ1) is 11.3. The van der Waals surface area contributed by atoms with Crippen molar-refractivity contribution < 1.29 is 0 Å². The summed E-state index contributed by atoms with van der Waals surface area (Å²) < 4.78 is 0. The maximum Gasteiger partial charge on any atom is 0.227 e. The zero-order valence-electron chi connectivity index (χ0n) is 13.4. The minimum Gasteiger partial charge on any atom is -0.366 e. The van der Waals surface area contributed by atoms with Gasteiger partial charge in [-0.2, -0.15) is 4.98 Å². The van der Waals surface area contributed by atoms with E-state index < -0.39 is 0 Å². The Hall–Kier alpha value is -2.63. The Morgan fingerprint density at radius 1 is 1.17 bits per heavy atom. The number of hydrogen-bond acceptors (Lipinski definition) is 6. The molecule has 2 aromatic rings. The predicted octanol–water partition coefficient (Wildman–Crippen LogP) is 2.10. The fraction of sp³-hybridized carbons (Fsp3) is 0.353. The summed E-state index contributed by atoms with van der Waals surface area (Å²) in [6, 6.07) is 7.97. The standard InChI is InChI=1S/C17H22N6/c1-3-7-18-15-13-14(2)20-17(21-15)23-11-9-22(10-12-23)16-6-4-5-8-19-16/h3-6,8,13H,1,7,9-12H2,2H3,(H,18,20,21). The summed E-state index contributed by atoms with van der Waals surface area (Å²) in [4.78, 5) is 18.1. The van der Waals surface area contributed by atoms with Crippen LogP contribution in [0.3, 0.4) is 0 Å². The summed E-state index contributed by atoms with van der Waals surface area (Å²) in [7, 11) is 0. The number of rotatable bonds is 5. The molecule has 1 aliphatic heterocycles. The minimum atomic E-state index is 0.698. The molecule has 0 bridgehead atoms. The number of piperazine rings is 1. The van der Waals surface area contributed by atoms with Gasteiger partial charge in [0.2, 0.25) is 5.95 Å². The average molecular weight is 310 g/mol. The lowest BCUT2D eigenvalue weighted by molar-refractivity contribution is 0.634. The summed E-state index contributed by atoms with van der Waals surface area (Å²) in [5, 5.41) is 3.23. The molecule has 0 unspecified atom stereocenters. The van der Waals surface area contributed by atoms with Gasteiger partial charge in [-0.05, 0) is 19.1 Å². The van der Waals surface area contributed by atoms with Crippen LogP contribution in [0.2, 0.25) is 0 Å². The maximum absolute atomic E-state index is 4.61. The van der Waals surface area contributed by atoms with Crippen LogP contribution >= 0.6 is 0 Å². The van der Waals surface area contributed by atoms with Crippen molar-refractivity contribution >= 4 is 17.6 Å². The molecular weight excluding hydrogens is 288 g/mol. The first-order valence-electron chi connectivity index (χ1n) is 7.87. The number of nitrogens with one attached hydrogen (secondary N) is 1. The van der Waals surface area contributed by atoms with E-state index in [1.807, 2.05) is 37.4 Å². The fourth-order valence-electron chi connectivity index (χ4n) is 2.64. The van der Waals surface area contributed by atoms with Gasteiger partial charge in [-0.3, -0.25) is 0 Å². The van der Waals surface area contributed by atoms with Gasteiger partial charge in [0, 0.05) is 50.7 Å². The van der Waals surface area contributed by atoms with Crippen LogP contribution in [0.4, 0.5) is 17.6 Å². The maximum atomic E-state index is 4.61. The second-order valence-corrected chi connectivity index (χ2v) is 5.53. The summed E-state index contributed by atoms with van der Waals surface area (Å²) >= 11 is 0. The molecule has 1 fully saturated rings. The number of aromatic nitrogens is 3. The molecular formula is C17H22N6. The van der Waals surface area contributed by atoms with Gasteiger partial charge in [0.25, 0.3) is 0 Å². The van der Waals surface area contributed by atoms with E-state index in [4.69, 9.17) is 0 Å². The quantitative estimate of drug-likeness (QED) is 0.854. The first-order valence-corrected chi connectivity index (χ1v) is 7.87. The molecule has 1 aliphatic rings. The summed E-state index contributed by atoms with van der Waals surface area (Å²) in [5.41, 5.74) is 0.966. The highest BCUT2D eigenvalue weighted by molar-refractivity contribution is 5.46. The van der Waals surface area contributed by atoms with Crippen molar-refractivity contribution in [2.75, 3.05) is 47.8 Å². The van der Waals surface area contributed by atoms with Crippen LogP contribution in [0.1, 0.15) is 5.69 Å². The van der Waals surface area contributed by atoms with Crippen molar-refractivity contribution in [3.8, 4) is 0 Å². The fourth-order valence-corrected chi connectivity index (χ4v) is 2.64. The van der Waals surface area contributed by atoms with Crippen molar-refractivity contribution in [2.24, 2.45) is 0 Å². The molecule has 0 radical (unpaired) electrons. The van der Waals surface area contributed by atoms with Gasteiger partial charge in [-0.25, -0.2) is 9.97 Å². The zero-order chi connectivity index (χ0) is 16.1. The van der Waals surface area contributed by atoms with Gasteiger partial charge in [0.15, 0.2) is 0 Å². The summed E-state index contributed by atoms with van der Waals surface area (Å²) in [6.45, 7) is 10.0. The van der Waals surface area contributed by atoms with E-state index >= 15 is 0 Å². The van der Waals surface area contributed by atoms with Crippen molar-refractivity contribution in [1.82, 2.24) is 15.0 Å². The Morgan fingerprint density at radius 2 is 1.96 bits per heavy atom. The molecule has 1 saturated heterocycles. The van der Waals surface area contributed by atoms with E-state index in [1.54, 1.807) is 0 Å². The van der Waals surface area contributed by atoms with Crippen LogP contribution < -0.4 is 15.1 Å². The minimum absolute atomic E-state index is 0.698. The molecule has 23 heavy (non-hydrogen) atoms. The topological polar surface area (TPSA) is 57.2 Å². The molecule has 3 heterocycles. The van der Waals surface area contributed by atoms with Gasteiger partial charge in [0.1, 0.15) is 11.6 Å². The SMILES string of the molecule is C=CCNc1cc(C)nc(N2CCN(c3ccccn3)CC2)n1. The highest BCUT2D eigenvalue weighted by Crippen LogP contribution is 2.18. The van der Waals surface area contributed by atoms with E-state index in [-0.39, 0.29) is 0 Å². The van der Waals surface area contributed by atoms with E-state index in [0.717, 1.165) is 49.5 Å². The van der Waals surface area contributed by atoms with Gasteiger partial charge in [-0.1, -0.05) is 12.1 Å². The lowest BCUT2D eigenvalue weighted by Gasteiger charge is -2.35. The Kier molecular flexibility index (Phi) is 4.71. The number of nitrogens with zero attached hydrogens (tertiary/aromatic N) is 5. The molecule has 3 rings (SSSR count). The molecule has 6 heteroatoms. The van der Waals surface area contributed by atoms with Gasteiger partial charge >= 0.3 is 0 Å². The normalized spacial score (nSPS) is 14.7. The van der Waals surface area contributed by atoms with Crippen LogP contribution in [-0.4, -0.2) is 47.7 Å². The molecule has 0 atom stereocenters. The lowest BCUT2D eigenvalue weighted by atomic mass is 10.3. The number of anilines is 3. The lowest BCUT2D eigenvalue weighted by Crippen LogP contribution is -2.47. The monoisotopic (exact) mass is 310 g/mol. The van der Waals surface area contributed by atoms with Gasteiger partial charge in [0.05, 0.1) is 0 Å². The van der Waals surface area contributed by atoms with Crippen molar-refractivity contribution in [3.05, 3.63) is 48.8 Å². The molecule has 6 nitrogen and oxygen atoms in total. The van der Waals surface area contributed by atoms with E-state index in [2.05, 4.69) is 42.7 Å². The van der Waals surface area contributed by atoms with Gasteiger partial charge < -0.3 is 15.1 Å². The Morgan fingerprint density at radius 3 is 2.65 bits per heavy atom. The van der Waals surface area contributed by atoms with Crippen LogP contribution in [0, 0.1) is 6.92 Å². The van der Waals surface area contributed by atoms with Gasteiger partial charge in [-0.15, -0.1) is 6.58 Å². The number of aryl methyl sites for hydroxylation is 1. The number of pyridine rings is 1. The largest absolute Gasteiger partial charge is 0.366 e. The molecule has 0 aromatic carbocycles. The molecule has 0 aliphatic carbocycles. The Balaban J connectivity index is 1.67. The van der Waals surface area contributed by atoms with E-state index in [0.29, 0.717) is 6.54 Å². The highest BCUT2D eigenvalue weighted by Gasteiger charge is 2.20.